The van der Waals surface area contributed by atoms with Gasteiger partial charge in [0.05, 0.1) is 34.5 Å². The van der Waals surface area contributed by atoms with E-state index in [2.05, 4.69) is 15.9 Å². The van der Waals surface area contributed by atoms with Crippen LogP contribution in [-0.4, -0.2) is 24.9 Å². The number of halogens is 1. The van der Waals surface area contributed by atoms with E-state index in [1.165, 1.54) is 12.0 Å². The van der Waals surface area contributed by atoms with Gasteiger partial charge in [0.25, 0.3) is 0 Å². The van der Waals surface area contributed by atoms with Crippen LogP contribution in [-0.2, 0) is 18.7 Å². The first-order valence-electron chi connectivity index (χ1n) is 10.4. The SMILES string of the molecule is COC(=O)c1ccccc1N1C(=O)[C@@H]2C3c4ccccc4C(Br)(c4ccccc43)[C@@H]2C1=O. The Bertz CT molecular complexity index is 1290. The number of carbonyl (C=O) groups excluding carboxylic acids is 3. The minimum absolute atomic E-state index is 0.196. The molecule has 0 radical (unpaired) electrons. The molecule has 1 fully saturated rings. The lowest BCUT2D eigenvalue weighted by Gasteiger charge is -2.51. The van der Waals surface area contributed by atoms with Crippen LogP contribution in [0.15, 0.2) is 72.8 Å². The summed E-state index contributed by atoms with van der Waals surface area (Å²) in [6.07, 6.45) is 0. The summed E-state index contributed by atoms with van der Waals surface area (Å²) in [5.74, 6) is -2.57. The molecule has 3 aromatic rings. The second-order valence-electron chi connectivity index (χ2n) is 8.39. The average molecular weight is 488 g/mol. The van der Waals surface area contributed by atoms with Crippen molar-refractivity contribution in [2.75, 3.05) is 12.0 Å². The molecule has 0 N–H and O–H groups in total. The number of benzene rings is 3. The lowest BCUT2D eigenvalue weighted by molar-refractivity contribution is -0.122. The van der Waals surface area contributed by atoms with E-state index in [1.807, 2.05) is 48.5 Å². The maximum atomic E-state index is 14.0. The Labute approximate surface area is 193 Å². The number of anilines is 1. The molecule has 1 saturated heterocycles. The molecule has 4 aliphatic rings. The highest BCUT2D eigenvalue weighted by atomic mass is 79.9. The summed E-state index contributed by atoms with van der Waals surface area (Å²) in [5, 5.41) is 0. The van der Waals surface area contributed by atoms with Crippen molar-refractivity contribution in [2.24, 2.45) is 11.8 Å². The van der Waals surface area contributed by atoms with Gasteiger partial charge in [-0.1, -0.05) is 76.6 Å². The topological polar surface area (TPSA) is 63.7 Å². The van der Waals surface area contributed by atoms with Gasteiger partial charge in [0, 0.05) is 5.92 Å². The van der Waals surface area contributed by atoms with E-state index >= 15 is 0 Å². The molecule has 32 heavy (non-hydrogen) atoms. The van der Waals surface area contributed by atoms with E-state index in [0.717, 1.165) is 22.3 Å². The van der Waals surface area contributed by atoms with E-state index < -0.39 is 22.1 Å². The smallest absolute Gasteiger partial charge is 0.339 e. The number of alkyl halides is 1. The lowest BCUT2D eigenvalue weighted by Crippen LogP contribution is -2.50. The van der Waals surface area contributed by atoms with Gasteiger partial charge in [0.2, 0.25) is 11.8 Å². The molecule has 3 aliphatic carbocycles. The average Bonchev–Trinajstić information content (AvgIpc) is 3.10. The minimum Gasteiger partial charge on any atom is -0.465 e. The maximum absolute atomic E-state index is 14.0. The van der Waals surface area contributed by atoms with Gasteiger partial charge in [-0.3, -0.25) is 9.59 Å². The molecule has 0 unspecified atom stereocenters. The van der Waals surface area contributed by atoms with Gasteiger partial charge in [0.15, 0.2) is 0 Å². The summed E-state index contributed by atoms with van der Waals surface area (Å²) in [5.41, 5.74) is 4.64. The molecule has 0 aromatic heterocycles. The third-order valence-corrected chi connectivity index (χ3v) is 8.41. The lowest BCUT2D eigenvalue weighted by atomic mass is 9.55. The van der Waals surface area contributed by atoms with E-state index in [-0.39, 0.29) is 29.0 Å². The first-order chi connectivity index (χ1) is 15.5. The third-order valence-electron chi connectivity index (χ3n) is 7.06. The monoisotopic (exact) mass is 487 g/mol. The number of methoxy groups -OCH3 is 1. The second kappa shape index (κ2) is 6.62. The van der Waals surface area contributed by atoms with Crippen LogP contribution in [0.5, 0.6) is 0 Å². The maximum Gasteiger partial charge on any atom is 0.339 e. The zero-order valence-corrected chi connectivity index (χ0v) is 18.7. The van der Waals surface area contributed by atoms with Gasteiger partial charge < -0.3 is 4.74 Å². The molecule has 1 heterocycles. The first-order valence-corrected chi connectivity index (χ1v) is 11.2. The van der Waals surface area contributed by atoms with Gasteiger partial charge in [-0.2, -0.15) is 0 Å². The second-order valence-corrected chi connectivity index (χ2v) is 9.64. The first kappa shape index (κ1) is 19.4. The molecule has 0 spiro atoms. The number of carbonyl (C=O) groups is 3. The Morgan fingerprint density at radius 1 is 0.875 bits per heavy atom. The van der Waals surface area contributed by atoms with Crippen LogP contribution in [0.3, 0.4) is 0 Å². The molecule has 3 aromatic carbocycles. The van der Waals surface area contributed by atoms with E-state index in [9.17, 15) is 14.4 Å². The predicted molar refractivity (Wildman–Crippen MR) is 122 cm³/mol. The van der Waals surface area contributed by atoms with Crippen molar-refractivity contribution in [3.63, 3.8) is 0 Å². The van der Waals surface area contributed by atoms with Crippen LogP contribution in [0.2, 0.25) is 0 Å². The number of ether oxygens (including phenoxy) is 1. The van der Waals surface area contributed by atoms with Crippen molar-refractivity contribution in [1.29, 1.82) is 0 Å². The molecule has 6 heteroatoms. The highest BCUT2D eigenvalue weighted by molar-refractivity contribution is 9.09. The summed E-state index contributed by atoms with van der Waals surface area (Å²) in [6.45, 7) is 0. The molecule has 0 saturated carbocycles. The molecule has 2 bridgehead atoms. The minimum atomic E-state index is -0.818. The van der Waals surface area contributed by atoms with Gasteiger partial charge in [-0.15, -0.1) is 0 Å². The van der Waals surface area contributed by atoms with Crippen LogP contribution in [0.1, 0.15) is 38.5 Å². The predicted octanol–water partition coefficient (Wildman–Crippen LogP) is 4.38. The number of para-hydroxylation sites is 1. The normalized spacial score (nSPS) is 27.1. The van der Waals surface area contributed by atoms with E-state index in [0.29, 0.717) is 0 Å². The van der Waals surface area contributed by atoms with Crippen LogP contribution in [0.4, 0.5) is 5.69 Å². The molecular weight excluding hydrogens is 470 g/mol. The van der Waals surface area contributed by atoms with Crippen molar-refractivity contribution in [1.82, 2.24) is 0 Å². The van der Waals surface area contributed by atoms with Crippen LogP contribution >= 0.6 is 15.9 Å². The van der Waals surface area contributed by atoms with Crippen molar-refractivity contribution in [3.05, 3.63) is 101 Å². The number of nitrogens with zero attached hydrogens (tertiary/aromatic N) is 1. The highest BCUT2D eigenvalue weighted by Gasteiger charge is 2.67. The Kier molecular flexibility index (Phi) is 4.02. The largest absolute Gasteiger partial charge is 0.465 e. The number of hydrogen-bond acceptors (Lipinski definition) is 4. The van der Waals surface area contributed by atoms with Gasteiger partial charge in [-0.05, 0) is 34.4 Å². The number of rotatable bonds is 2. The molecular formula is C26H18BrNO4. The fourth-order valence-electron chi connectivity index (χ4n) is 5.87. The Morgan fingerprint density at radius 2 is 1.44 bits per heavy atom. The summed E-state index contributed by atoms with van der Waals surface area (Å²) in [6, 6.07) is 22.6. The number of amides is 2. The zero-order chi connectivity index (χ0) is 22.2. The summed E-state index contributed by atoms with van der Waals surface area (Å²) in [4.78, 5) is 41.4. The van der Waals surface area contributed by atoms with Crippen molar-refractivity contribution in [2.45, 2.75) is 10.2 Å². The molecule has 2 atom stereocenters. The van der Waals surface area contributed by atoms with Gasteiger partial charge >= 0.3 is 5.97 Å². The standard InChI is InChI=1S/C26H18BrNO4/c1-32-25(31)16-10-4-7-13-19(16)28-23(29)21-20-14-8-2-5-11-17(14)26(27,22(21)24(28)30)18-12-6-3-9-15(18)20/h2-13,20-22H,1H3/t20?,21-,22+,26?/m1/s1. The zero-order valence-electron chi connectivity index (χ0n) is 17.1. The molecule has 2 amide bonds. The van der Waals surface area contributed by atoms with E-state index in [4.69, 9.17) is 4.74 Å². The Morgan fingerprint density at radius 3 is 2.06 bits per heavy atom. The van der Waals surface area contributed by atoms with Crippen LogP contribution < -0.4 is 4.90 Å². The van der Waals surface area contributed by atoms with Crippen molar-refractivity contribution in [3.8, 4) is 0 Å². The van der Waals surface area contributed by atoms with Crippen molar-refractivity contribution >= 4 is 39.4 Å². The number of imide groups is 1. The van der Waals surface area contributed by atoms with Crippen molar-refractivity contribution < 1.29 is 19.1 Å². The Hall–Kier alpha value is -3.25. The number of esters is 1. The van der Waals surface area contributed by atoms with Gasteiger partial charge in [0.1, 0.15) is 0 Å². The summed E-state index contributed by atoms with van der Waals surface area (Å²) >= 11 is 3.98. The summed E-state index contributed by atoms with van der Waals surface area (Å²) < 4.78 is 4.09. The number of hydrogen-bond donors (Lipinski definition) is 0. The van der Waals surface area contributed by atoms with E-state index in [1.54, 1.807) is 24.3 Å². The van der Waals surface area contributed by atoms with Crippen LogP contribution in [0.25, 0.3) is 0 Å². The Balaban J connectivity index is 1.60. The molecule has 7 rings (SSSR count). The highest BCUT2D eigenvalue weighted by Crippen LogP contribution is 2.66. The third kappa shape index (κ3) is 2.20. The van der Waals surface area contributed by atoms with Crippen LogP contribution in [0, 0.1) is 11.8 Å². The molecule has 5 nitrogen and oxygen atoms in total. The summed E-state index contributed by atoms with van der Waals surface area (Å²) in [7, 11) is 1.29. The fraction of sp³-hybridized carbons (Fsp3) is 0.192. The molecule has 158 valence electrons. The molecule has 1 aliphatic heterocycles. The fourth-order valence-corrected chi connectivity index (χ4v) is 7.07. The van der Waals surface area contributed by atoms with Gasteiger partial charge in [-0.25, -0.2) is 9.69 Å². The quantitative estimate of drug-likeness (QED) is 0.305.